The second-order valence-corrected chi connectivity index (χ2v) is 4.82. The van der Waals surface area contributed by atoms with E-state index in [9.17, 15) is 0 Å². The van der Waals surface area contributed by atoms with E-state index in [1.807, 2.05) is 12.1 Å². The maximum absolute atomic E-state index is 5.61. The highest BCUT2D eigenvalue weighted by molar-refractivity contribution is 9.10. The fourth-order valence-electron chi connectivity index (χ4n) is 1.41. The van der Waals surface area contributed by atoms with Crippen LogP contribution in [0.2, 0.25) is 0 Å². The molecule has 1 aromatic heterocycles. The molecule has 1 aromatic carbocycles. The summed E-state index contributed by atoms with van der Waals surface area (Å²) in [6.07, 6.45) is 1.46. The highest BCUT2D eigenvalue weighted by Gasteiger charge is 2.02. The van der Waals surface area contributed by atoms with Crippen LogP contribution in [0.15, 0.2) is 41.3 Å². The van der Waals surface area contributed by atoms with Gasteiger partial charge in [-0.3, -0.25) is 0 Å². The number of hydrogen-bond donors (Lipinski definition) is 0. The third kappa shape index (κ3) is 3.27. The number of halogens is 1. The van der Waals surface area contributed by atoms with Crippen molar-refractivity contribution in [1.29, 1.82) is 0 Å². The first-order valence-corrected chi connectivity index (χ1v) is 6.20. The molecular formula is C13H13BrN2O. The molecule has 0 spiro atoms. The first-order valence-electron chi connectivity index (χ1n) is 5.40. The molecule has 4 heteroatoms. The summed E-state index contributed by atoms with van der Waals surface area (Å²) in [5, 5.41) is 0. The van der Waals surface area contributed by atoms with Crippen LogP contribution < -0.4 is 4.74 Å². The summed E-state index contributed by atoms with van der Waals surface area (Å²) < 4.78 is 6.32. The quantitative estimate of drug-likeness (QED) is 0.797. The smallest absolute Gasteiger partial charge is 0.223 e. The number of hydrogen-bond acceptors (Lipinski definition) is 3. The summed E-state index contributed by atoms with van der Waals surface area (Å²) in [5.74, 6) is 1.83. The Labute approximate surface area is 109 Å². The standard InChI is InChI=1S/C13H13BrN2O/c1-9(2)10-3-5-11(6-4-10)17-13-7-12(14)15-8-16-13/h3-9H,1-2H3. The fourth-order valence-corrected chi connectivity index (χ4v) is 1.70. The molecule has 0 bridgehead atoms. The van der Waals surface area contributed by atoms with Crippen molar-refractivity contribution in [2.75, 3.05) is 0 Å². The summed E-state index contributed by atoms with van der Waals surface area (Å²) in [4.78, 5) is 7.97. The van der Waals surface area contributed by atoms with Gasteiger partial charge < -0.3 is 4.74 Å². The minimum Gasteiger partial charge on any atom is -0.439 e. The monoisotopic (exact) mass is 292 g/mol. The molecule has 17 heavy (non-hydrogen) atoms. The van der Waals surface area contributed by atoms with E-state index in [1.165, 1.54) is 11.9 Å². The zero-order valence-corrected chi connectivity index (χ0v) is 11.3. The van der Waals surface area contributed by atoms with E-state index in [0.29, 0.717) is 16.4 Å². The van der Waals surface area contributed by atoms with Gasteiger partial charge in [0.15, 0.2) is 0 Å². The lowest BCUT2D eigenvalue weighted by Crippen LogP contribution is -1.90. The Morgan fingerprint density at radius 1 is 1.12 bits per heavy atom. The molecule has 0 unspecified atom stereocenters. The van der Waals surface area contributed by atoms with Crippen LogP contribution in [0.3, 0.4) is 0 Å². The zero-order chi connectivity index (χ0) is 12.3. The largest absolute Gasteiger partial charge is 0.439 e. The average molecular weight is 293 g/mol. The molecule has 0 fully saturated rings. The van der Waals surface area contributed by atoms with E-state index in [4.69, 9.17) is 4.74 Å². The number of aromatic nitrogens is 2. The van der Waals surface area contributed by atoms with Gasteiger partial charge in [0.1, 0.15) is 16.7 Å². The summed E-state index contributed by atoms with van der Waals surface area (Å²) in [5.41, 5.74) is 1.29. The van der Waals surface area contributed by atoms with Crippen molar-refractivity contribution in [3.8, 4) is 11.6 Å². The highest BCUT2D eigenvalue weighted by Crippen LogP contribution is 2.23. The molecular weight excluding hydrogens is 280 g/mol. The predicted octanol–water partition coefficient (Wildman–Crippen LogP) is 4.15. The van der Waals surface area contributed by atoms with Gasteiger partial charge in [-0.15, -0.1) is 0 Å². The first kappa shape index (κ1) is 12.0. The number of benzene rings is 1. The molecule has 0 atom stereocenters. The molecule has 0 saturated heterocycles. The lowest BCUT2D eigenvalue weighted by atomic mass is 10.0. The van der Waals surface area contributed by atoms with Crippen LogP contribution in [0.1, 0.15) is 25.3 Å². The first-order chi connectivity index (χ1) is 8.15. The van der Waals surface area contributed by atoms with E-state index in [2.05, 4.69) is 51.9 Å². The minimum atomic E-state index is 0.525. The molecule has 0 radical (unpaired) electrons. The van der Waals surface area contributed by atoms with Gasteiger partial charge in [0.25, 0.3) is 0 Å². The molecule has 0 N–H and O–H groups in total. The number of nitrogens with zero attached hydrogens (tertiary/aromatic N) is 2. The minimum absolute atomic E-state index is 0.525. The maximum atomic E-state index is 5.61. The van der Waals surface area contributed by atoms with Crippen LogP contribution in [0, 0.1) is 0 Å². The Morgan fingerprint density at radius 3 is 2.41 bits per heavy atom. The summed E-state index contributed by atoms with van der Waals surface area (Å²) in [7, 11) is 0. The number of ether oxygens (including phenoxy) is 1. The second-order valence-electron chi connectivity index (χ2n) is 4.00. The van der Waals surface area contributed by atoms with Gasteiger partial charge in [0.05, 0.1) is 0 Å². The van der Waals surface area contributed by atoms with E-state index in [1.54, 1.807) is 6.07 Å². The molecule has 0 aliphatic carbocycles. The fraction of sp³-hybridized carbons (Fsp3) is 0.231. The third-order valence-corrected chi connectivity index (χ3v) is 2.81. The van der Waals surface area contributed by atoms with Gasteiger partial charge in [0, 0.05) is 6.07 Å². The molecule has 2 aromatic rings. The van der Waals surface area contributed by atoms with Gasteiger partial charge in [-0.25, -0.2) is 9.97 Å². The summed E-state index contributed by atoms with van der Waals surface area (Å²) in [6.45, 7) is 4.33. The SMILES string of the molecule is CC(C)c1ccc(Oc2cc(Br)ncn2)cc1. The Morgan fingerprint density at radius 2 is 1.82 bits per heavy atom. The Hall–Kier alpha value is -1.42. The summed E-state index contributed by atoms with van der Waals surface area (Å²) in [6, 6.07) is 9.76. The van der Waals surface area contributed by atoms with Gasteiger partial charge in [-0.2, -0.15) is 0 Å². The molecule has 0 aliphatic rings. The molecule has 0 saturated carbocycles. The van der Waals surface area contributed by atoms with E-state index in [-0.39, 0.29) is 0 Å². The third-order valence-electron chi connectivity index (χ3n) is 2.38. The molecule has 1 heterocycles. The van der Waals surface area contributed by atoms with Gasteiger partial charge >= 0.3 is 0 Å². The van der Waals surface area contributed by atoms with Crippen molar-refractivity contribution in [1.82, 2.24) is 9.97 Å². The van der Waals surface area contributed by atoms with Crippen LogP contribution >= 0.6 is 15.9 Å². The topological polar surface area (TPSA) is 35.0 Å². The van der Waals surface area contributed by atoms with Gasteiger partial charge in [-0.1, -0.05) is 26.0 Å². The molecule has 0 amide bonds. The van der Waals surface area contributed by atoms with Crippen molar-refractivity contribution < 1.29 is 4.74 Å². The van der Waals surface area contributed by atoms with Crippen molar-refractivity contribution in [2.45, 2.75) is 19.8 Å². The normalized spacial score (nSPS) is 10.6. The lowest BCUT2D eigenvalue weighted by Gasteiger charge is -2.07. The molecule has 3 nitrogen and oxygen atoms in total. The van der Waals surface area contributed by atoms with Crippen molar-refractivity contribution >= 4 is 15.9 Å². The van der Waals surface area contributed by atoms with Crippen molar-refractivity contribution in [3.63, 3.8) is 0 Å². The van der Waals surface area contributed by atoms with Crippen LogP contribution in [0.25, 0.3) is 0 Å². The van der Waals surface area contributed by atoms with E-state index < -0.39 is 0 Å². The van der Waals surface area contributed by atoms with Crippen molar-refractivity contribution in [2.24, 2.45) is 0 Å². The van der Waals surface area contributed by atoms with Crippen LogP contribution in [-0.2, 0) is 0 Å². The number of rotatable bonds is 3. The second kappa shape index (κ2) is 5.27. The van der Waals surface area contributed by atoms with Crippen LogP contribution in [-0.4, -0.2) is 9.97 Å². The Bertz CT molecular complexity index is 497. The highest BCUT2D eigenvalue weighted by atomic mass is 79.9. The van der Waals surface area contributed by atoms with Gasteiger partial charge in [0.2, 0.25) is 5.88 Å². The van der Waals surface area contributed by atoms with Crippen LogP contribution in [0.4, 0.5) is 0 Å². The predicted molar refractivity (Wildman–Crippen MR) is 70.3 cm³/mol. The van der Waals surface area contributed by atoms with Crippen LogP contribution in [0.5, 0.6) is 11.6 Å². The molecule has 2 rings (SSSR count). The lowest BCUT2D eigenvalue weighted by molar-refractivity contribution is 0.460. The van der Waals surface area contributed by atoms with Crippen molar-refractivity contribution in [3.05, 3.63) is 46.8 Å². The Kier molecular flexibility index (Phi) is 3.74. The maximum Gasteiger partial charge on any atom is 0.223 e. The Balaban J connectivity index is 2.14. The average Bonchev–Trinajstić information content (AvgIpc) is 2.29. The zero-order valence-electron chi connectivity index (χ0n) is 9.72. The van der Waals surface area contributed by atoms with E-state index in [0.717, 1.165) is 5.75 Å². The molecule has 88 valence electrons. The van der Waals surface area contributed by atoms with E-state index >= 15 is 0 Å². The summed E-state index contributed by atoms with van der Waals surface area (Å²) >= 11 is 3.28. The van der Waals surface area contributed by atoms with Gasteiger partial charge in [-0.05, 0) is 39.5 Å². The molecule has 0 aliphatic heterocycles.